The number of nitrogens with one attached hydrogen (secondary N) is 1. The highest BCUT2D eigenvalue weighted by Crippen LogP contribution is 2.26. The van der Waals surface area contributed by atoms with Crippen LogP contribution in [-0.2, 0) is 4.79 Å². The Morgan fingerprint density at radius 3 is 2.83 bits per heavy atom. The standard InChI is InChI=1S/C17H18N2O3S/c1-10-18-15(9-23-10)11-3-2-4-12(7-11)16(20)19-14-6-5-13(8-14)17(21)22/h2-4,7,9,13-14H,5-6,8H2,1H3,(H,19,20)(H,21,22)/t13-,14+/m1/s1. The Labute approximate surface area is 138 Å². The molecule has 2 atom stereocenters. The van der Waals surface area contributed by atoms with Gasteiger partial charge in [0.2, 0.25) is 0 Å². The maximum atomic E-state index is 12.4. The number of aryl methyl sites for hydroxylation is 1. The van der Waals surface area contributed by atoms with Gasteiger partial charge < -0.3 is 10.4 Å². The summed E-state index contributed by atoms with van der Waals surface area (Å²) >= 11 is 1.58. The van der Waals surface area contributed by atoms with Crippen LogP contribution in [0.15, 0.2) is 29.6 Å². The first kappa shape index (κ1) is 15.7. The van der Waals surface area contributed by atoms with E-state index in [-0.39, 0.29) is 17.9 Å². The van der Waals surface area contributed by atoms with Crippen molar-refractivity contribution >= 4 is 23.2 Å². The molecule has 1 aromatic carbocycles. The van der Waals surface area contributed by atoms with Crippen LogP contribution in [-0.4, -0.2) is 28.0 Å². The zero-order valence-electron chi connectivity index (χ0n) is 12.8. The number of carbonyl (C=O) groups is 2. The highest BCUT2D eigenvalue weighted by atomic mass is 32.1. The van der Waals surface area contributed by atoms with Gasteiger partial charge in [0, 0.05) is 22.5 Å². The molecule has 1 aromatic heterocycles. The number of aromatic nitrogens is 1. The minimum absolute atomic E-state index is 0.0613. The van der Waals surface area contributed by atoms with Gasteiger partial charge in [-0.3, -0.25) is 9.59 Å². The van der Waals surface area contributed by atoms with E-state index in [0.29, 0.717) is 24.8 Å². The lowest BCUT2D eigenvalue weighted by Gasteiger charge is -2.12. The molecule has 2 aromatic rings. The summed E-state index contributed by atoms with van der Waals surface area (Å²) in [6.45, 7) is 1.95. The van der Waals surface area contributed by atoms with E-state index in [0.717, 1.165) is 16.3 Å². The smallest absolute Gasteiger partial charge is 0.306 e. The molecule has 0 unspecified atom stereocenters. The number of rotatable bonds is 4. The van der Waals surface area contributed by atoms with Crippen LogP contribution in [0.1, 0.15) is 34.6 Å². The van der Waals surface area contributed by atoms with Crippen molar-refractivity contribution in [3.05, 3.63) is 40.2 Å². The van der Waals surface area contributed by atoms with Gasteiger partial charge in [0.15, 0.2) is 0 Å². The second-order valence-electron chi connectivity index (χ2n) is 5.85. The first-order valence-corrected chi connectivity index (χ1v) is 8.47. The van der Waals surface area contributed by atoms with Gasteiger partial charge in [0.1, 0.15) is 0 Å². The van der Waals surface area contributed by atoms with Gasteiger partial charge in [-0.05, 0) is 38.3 Å². The molecule has 1 heterocycles. The quantitative estimate of drug-likeness (QED) is 0.903. The molecule has 6 heteroatoms. The number of aliphatic carboxylic acids is 1. The second kappa shape index (κ2) is 6.50. The number of thiazole rings is 1. The fraction of sp³-hybridized carbons (Fsp3) is 0.353. The number of carboxylic acids is 1. The van der Waals surface area contributed by atoms with E-state index in [1.165, 1.54) is 0 Å². The summed E-state index contributed by atoms with van der Waals surface area (Å²) < 4.78 is 0. The van der Waals surface area contributed by atoms with Crippen molar-refractivity contribution in [2.45, 2.75) is 32.2 Å². The predicted octanol–water partition coefficient (Wildman–Crippen LogP) is 3.10. The lowest BCUT2D eigenvalue weighted by atomic mass is 10.1. The van der Waals surface area contributed by atoms with Gasteiger partial charge in [-0.25, -0.2) is 4.98 Å². The van der Waals surface area contributed by atoms with Crippen LogP contribution in [0.5, 0.6) is 0 Å². The number of nitrogens with zero attached hydrogens (tertiary/aromatic N) is 1. The number of carbonyl (C=O) groups excluding carboxylic acids is 1. The van der Waals surface area contributed by atoms with Crippen LogP contribution in [0.25, 0.3) is 11.3 Å². The summed E-state index contributed by atoms with van der Waals surface area (Å²) in [5.41, 5.74) is 2.36. The van der Waals surface area contributed by atoms with Gasteiger partial charge in [0.05, 0.1) is 16.6 Å². The molecule has 0 aliphatic heterocycles. The van der Waals surface area contributed by atoms with Crippen molar-refractivity contribution in [3.63, 3.8) is 0 Å². The van der Waals surface area contributed by atoms with Crippen molar-refractivity contribution in [3.8, 4) is 11.3 Å². The van der Waals surface area contributed by atoms with Gasteiger partial charge in [-0.15, -0.1) is 11.3 Å². The number of hydrogen-bond donors (Lipinski definition) is 2. The van der Waals surface area contributed by atoms with Crippen LogP contribution >= 0.6 is 11.3 Å². The van der Waals surface area contributed by atoms with Crippen molar-refractivity contribution in [2.24, 2.45) is 5.92 Å². The minimum Gasteiger partial charge on any atom is -0.481 e. The molecule has 0 saturated heterocycles. The van der Waals surface area contributed by atoms with Crippen LogP contribution in [0.2, 0.25) is 0 Å². The molecule has 120 valence electrons. The Morgan fingerprint density at radius 2 is 2.17 bits per heavy atom. The van der Waals surface area contributed by atoms with E-state index < -0.39 is 5.97 Å². The largest absolute Gasteiger partial charge is 0.481 e. The highest BCUT2D eigenvalue weighted by Gasteiger charge is 2.30. The number of amides is 1. The average Bonchev–Trinajstić information content (AvgIpc) is 3.16. The van der Waals surface area contributed by atoms with Crippen molar-refractivity contribution in [1.82, 2.24) is 10.3 Å². The molecular weight excluding hydrogens is 312 g/mol. The average molecular weight is 330 g/mol. The topological polar surface area (TPSA) is 79.3 Å². The zero-order chi connectivity index (χ0) is 16.4. The lowest BCUT2D eigenvalue weighted by Crippen LogP contribution is -2.33. The first-order chi connectivity index (χ1) is 11.0. The first-order valence-electron chi connectivity index (χ1n) is 7.59. The summed E-state index contributed by atoms with van der Waals surface area (Å²) in [6.07, 6.45) is 1.85. The van der Waals surface area contributed by atoms with E-state index in [9.17, 15) is 9.59 Å². The molecule has 0 spiro atoms. The van der Waals surface area contributed by atoms with E-state index >= 15 is 0 Å². The fourth-order valence-corrected chi connectivity index (χ4v) is 3.54. The fourth-order valence-electron chi connectivity index (χ4n) is 2.92. The van der Waals surface area contributed by atoms with E-state index in [1.54, 1.807) is 17.4 Å². The molecular formula is C17H18N2O3S. The summed E-state index contributed by atoms with van der Waals surface area (Å²) in [7, 11) is 0. The SMILES string of the molecule is Cc1nc(-c2cccc(C(=O)N[C@H]3CC[C@@H](C(=O)O)C3)c2)cs1. The highest BCUT2D eigenvalue weighted by molar-refractivity contribution is 7.09. The van der Waals surface area contributed by atoms with Gasteiger partial charge in [-0.1, -0.05) is 12.1 Å². The minimum atomic E-state index is -0.775. The van der Waals surface area contributed by atoms with Crippen LogP contribution < -0.4 is 5.32 Å². The molecule has 1 aliphatic carbocycles. The summed E-state index contributed by atoms with van der Waals surface area (Å²) in [6, 6.07) is 7.30. The molecule has 1 saturated carbocycles. The van der Waals surface area contributed by atoms with Crippen LogP contribution in [0, 0.1) is 12.8 Å². The predicted molar refractivity (Wildman–Crippen MR) is 88.5 cm³/mol. The molecule has 0 bridgehead atoms. The van der Waals surface area contributed by atoms with Crippen LogP contribution in [0.3, 0.4) is 0 Å². The van der Waals surface area contributed by atoms with Gasteiger partial charge >= 0.3 is 5.97 Å². The van der Waals surface area contributed by atoms with E-state index in [2.05, 4.69) is 10.3 Å². The maximum absolute atomic E-state index is 12.4. The van der Waals surface area contributed by atoms with Crippen molar-refractivity contribution < 1.29 is 14.7 Å². The summed E-state index contributed by atoms with van der Waals surface area (Å²) in [5.74, 6) is -1.28. The third-order valence-corrected chi connectivity index (χ3v) is 4.93. The Kier molecular flexibility index (Phi) is 4.43. The van der Waals surface area contributed by atoms with Crippen molar-refractivity contribution in [2.75, 3.05) is 0 Å². The van der Waals surface area contributed by atoms with Crippen molar-refractivity contribution in [1.29, 1.82) is 0 Å². The molecule has 0 radical (unpaired) electrons. The van der Waals surface area contributed by atoms with Gasteiger partial charge in [0.25, 0.3) is 5.91 Å². The Bertz CT molecular complexity index is 741. The third kappa shape index (κ3) is 3.59. The molecule has 1 fully saturated rings. The molecule has 1 aliphatic rings. The molecule has 5 nitrogen and oxygen atoms in total. The normalized spacial score (nSPS) is 20.4. The number of hydrogen-bond acceptors (Lipinski definition) is 4. The molecule has 1 amide bonds. The maximum Gasteiger partial charge on any atom is 0.306 e. The molecule has 23 heavy (non-hydrogen) atoms. The van der Waals surface area contributed by atoms with Gasteiger partial charge in [-0.2, -0.15) is 0 Å². The Hall–Kier alpha value is -2.21. The summed E-state index contributed by atoms with van der Waals surface area (Å²) in [4.78, 5) is 27.8. The summed E-state index contributed by atoms with van der Waals surface area (Å²) in [5, 5.41) is 14.9. The van der Waals surface area contributed by atoms with E-state index in [1.807, 2.05) is 30.5 Å². The lowest BCUT2D eigenvalue weighted by molar-refractivity contribution is -0.141. The number of carboxylic acid groups (broad SMARTS) is 1. The number of benzene rings is 1. The van der Waals surface area contributed by atoms with E-state index in [4.69, 9.17) is 5.11 Å². The Balaban J connectivity index is 1.70. The monoisotopic (exact) mass is 330 g/mol. The molecule has 2 N–H and O–H groups in total. The second-order valence-corrected chi connectivity index (χ2v) is 6.91. The zero-order valence-corrected chi connectivity index (χ0v) is 13.6. The third-order valence-electron chi connectivity index (χ3n) is 4.16. The van der Waals surface area contributed by atoms with Crippen LogP contribution in [0.4, 0.5) is 0 Å². The molecule has 3 rings (SSSR count). The Morgan fingerprint density at radius 1 is 1.35 bits per heavy atom.